The zero-order chi connectivity index (χ0) is 28.6. The van der Waals surface area contributed by atoms with Crippen molar-refractivity contribution in [3.05, 3.63) is 83.0 Å². The molecular formula is C32H29ClN2O4S. The highest BCUT2D eigenvalue weighted by atomic mass is 35.5. The van der Waals surface area contributed by atoms with Crippen molar-refractivity contribution < 1.29 is 19.4 Å². The predicted octanol–water partition coefficient (Wildman–Crippen LogP) is 8.47. The van der Waals surface area contributed by atoms with E-state index in [9.17, 15) is 9.90 Å². The highest BCUT2D eigenvalue weighted by molar-refractivity contribution is 7.22. The van der Waals surface area contributed by atoms with E-state index in [0.717, 1.165) is 54.2 Å². The maximum absolute atomic E-state index is 12.0. The van der Waals surface area contributed by atoms with Gasteiger partial charge in [-0.15, -0.1) is 11.3 Å². The molecule has 6 nitrogen and oxygen atoms in total. The number of aryl methyl sites for hydroxylation is 1. The lowest BCUT2D eigenvalue weighted by Crippen LogP contribution is -2.23. The van der Waals surface area contributed by atoms with Crippen LogP contribution in [0.25, 0.3) is 43.0 Å². The molecule has 0 amide bonds. The van der Waals surface area contributed by atoms with Crippen LogP contribution in [0.2, 0.25) is 5.02 Å². The van der Waals surface area contributed by atoms with Gasteiger partial charge in [-0.2, -0.15) is 0 Å². The molecule has 0 bridgehead atoms. The van der Waals surface area contributed by atoms with Crippen LogP contribution in [-0.2, 0) is 11.2 Å². The van der Waals surface area contributed by atoms with Crippen molar-refractivity contribution in [2.75, 3.05) is 7.11 Å². The minimum absolute atomic E-state index is 0.124. The highest BCUT2D eigenvalue weighted by Crippen LogP contribution is 2.45. The molecule has 40 heavy (non-hydrogen) atoms. The number of ether oxygens (including phenoxy) is 2. The van der Waals surface area contributed by atoms with Gasteiger partial charge in [0.2, 0.25) is 5.88 Å². The van der Waals surface area contributed by atoms with E-state index in [0.29, 0.717) is 16.7 Å². The molecular weight excluding hydrogens is 544 g/mol. The van der Waals surface area contributed by atoms with Crippen LogP contribution in [0.4, 0.5) is 0 Å². The summed E-state index contributed by atoms with van der Waals surface area (Å²) in [6.07, 6.45) is 1.60. The van der Waals surface area contributed by atoms with E-state index in [1.807, 2.05) is 70.2 Å². The first-order valence-electron chi connectivity index (χ1n) is 12.8. The number of hydrogen-bond acceptors (Lipinski definition) is 6. The van der Waals surface area contributed by atoms with Crippen LogP contribution < -0.4 is 9.47 Å². The molecule has 0 atom stereocenters. The van der Waals surface area contributed by atoms with Gasteiger partial charge in [-0.1, -0.05) is 29.8 Å². The second-order valence-electron chi connectivity index (χ2n) is 10.5. The minimum atomic E-state index is -0.902. The van der Waals surface area contributed by atoms with Gasteiger partial charge < -0.3 is 14.6 Å². The van der Waals surface area contributed by atoms with Crippen molar-refractivity contribution >= 4 is 39.1 Å². The number of halogens is 1. The summed E-state index contributed by atoms with van der Waals surface area (Å²) < 4.78 is 12.5. The topological polar surface area (TPSA) is 81.5 Å². The Morgan fingerprint density at radius 2 is 1.77 bits per heavy atom. The number of carbonyl (C=O) groups is 1. The molecule has 3 aromatic carbocycles. The highest BCUT2D eigenvalue weighted by Gasteiger charge is 2.24. The van der Waals surface area contributed by atoms with Gasteiger partial charge in [0, 0.05) is 34.0 Å². The molecule has 0 aliphatic heterocycles. The number of hydrogen-bond donors (Lipinski definition) is 1. The average molecular weight is 573 g/mol. The number of pyridine rings is 1. The maximum atomic E-state index is 12.0. The summed E-state index contributed by atoms with van der Waals surface area (Å²) in [4.78, 5) is 21.2. The standard InChI is InChI=1S/C32H29ClN2O4S/c1-18-13-25-30(29(24(18)17-28(36)37)23-10-9-22(33)16-26(23)39-32(2,3)4)40-31(35-25)21-8-6-7-19(14-21)20-11-12-34-27(15-20)38-5/h6-16H,17H2,1-5H3,(H,36,37). The van der Waals surface area contributed by atoms with E-state index < -0.39 is 11.6 Å². The van der Waals surface area contributed by atoms with Crippen LogP contribution in [0.3, 0.4) is 0 Å². The van der Waals surface area contributed by atoms with Crippen molar-refractivity contribution in [3.63, 3.8) is 0 Å². The Balaban J connectivity index is 1.72. The fourth-order valence-electron chi connectivity index (χ4n) is 4.67. The molecule has 204 valence electrons. The molecule has 5 aromatic rings. The van der Waals surface area contributed by atoms with Crippen LogP contribution in [0.5, 0.6) is 11.6 Å². The zero-order valence-electron chi connectivity index (χ0n) is 22.9. The molecule has 0 fully saturated rings. The summed E-state index contributed by atoms with van der Waals surface area (Å²) in [6.45, 7) is 7.84. The monoisotopic (exact) mass is 572 g/mol. The largest absolute Gasteiger partial charge is 0.487 e. The predicted molar refractivity (Wildman–Crippen MR) is 162 cm³/mol. The number of carboxylic acid groups (broad SMARTS) is 1. The minimum Gasteiger partial charge on any atom is -0.487 e. The molecule has 0 saturated carbocycles. The number of methoxy groups -OCH3 is 1. The lowest BCUT2D eigenvalue weighted by molar-refractivity contribution is -0.136. The Labute approximate surface area is 242 Å². The second-order valence-corrected chi connectivity index (χ2v) is 11.9. The molecule has 0 aliphatic rings. The molecule has 0 saturated heterocycles. The van der Waals surface area contributed by atoms with E-state index in [1.165, 1.54) is 11.3 Å². The van der Waals surface area contributed by atoms with Gasteiger partial charge in [-0.25, -0.2) is 9.97 Å². The van der Waals surface area contributed by atoms with Crippen LogP contribution in [-0.4, -0.2) is 33.8 Å². The molecule has 0 aliphatic carbocycles. The molecule has 8 heteroatoms. The number of fused-ring (bicyclic) bond motifs is 1. The smallest absolute Gasteiger partial charge is 0.307 e. The van der Waals surface area contributed by atoms with Gasteiger partial charge in [0.15, 0.2) is 0 Å². The normalized spacial score (nSPS) is 11.6. The summed E-state index contributed by atoms with van der Waals surface area (Å²) in [5.74, 6) is 0.244. The van der Waals surface area contributed by atoms with Gasteiger partial charge >= 0.3 is 5.97 Å². The Morgan fingerprint density at radius 3 is 2.50 bits per heavy atom. The fourth-order valence-corrected chi connectivity index (χ4v) is 5.96. The summed E-state index contributed by atoms with van der Waals surface area (Å²) in [7, 11) is 1.60. The van der Waals surface area contributed by atoms with Crippen molar-refractivity contribution in [3.8, 4) is 44.5 Å². The van der Waals surface area contributed by atoms with Crippen molar-refractivity contribution in [2.24, 2.45) is 0 Å². The SMILES string of the molecule is COc1cc(-c2cccc(-c3nc4cc(C)c(CC(=O)O)c(-c5ccc(Cl)cc5OC(C)(C)C)c4s3)c2)ccn1. The zero-order valence-corrected chi connectivity index (χ0v) is 24.5. The quantitative estimate of drug-likeness (QED) is 0.211. The molecule has 0 radical (unpaired) electrons. The van der Waals surface area contributed by atoms with Crippen molar-refractivity contribution in [1.82, 2.24) is 9.97 Å². The van der Waals surface area contributed by atoms with E-state index in [1.54, 1.807) is 25.4 Å². The van der Waals surface area contributed by atoms with E-state index >= 15 is 0 Å². The van der Waals surface area contributed by atoms with Gasteiger partial charge in [0.05, 0.1) is 23.7 Å². The molecule has 2 aromatic heterocycles. The maximum Gasteiger partial charge on any atom is 0.307 e. The van der Waals surface area contributed by atoms with Crippen molar-refractivity contribution in [2.45, 2.75) is 39.7 Å². The van der Waals surface area contributed by atoms with Crippen LogP contribution in [0.1, 0.15) is 31.9 Å². The number of nitrogens with zero attached hydrogens (tertiary/aromatic N) is 2. The van der Waals surface area contributed by atoms with Gasteiger partial charge in [-0.05, 0) is 86.3 Å². The number of aromatic nitrogens is 2. The van der Waals surface area contributed by atoms with E-state index in [4.69, 9.17) is 26.1 Å². The Morgan fingerprint density at radius 1 is 1.02 bits per heavy atom. The third kappa shape index (κ3) is 5.81. The first-order valence-corrected chi connectivity index (χ1v) is 14.0. The summed E-state index contributed by atoms with van der Waals surface area (Å²) in [5.41, 5.74) is 6.47. The summed E-state index contributed by atoms with van der Waals surface area (Å²) in [5, 5.41) is 11.2. The average Bonchev–Trinajstić information content (AvgIpc) is 3.32. The van der Waals surface area contributed by atoms with Gasteiger partial charge in [0.1, 0.15) is 16.4 Å². The summed E-state index contributed by atoms with van der Waals surface area (Å²) in [6, 6.07) is 19.5. The van der Waals surface area contributed by atoms with Gasteiger partial charge in [0.25, 0.3) is 0 Å². The first-order chi connectivity index (χ1) is 19.0. The second kappa shape index (κ2) is 10.9. The third-order valence-corrected chi connectivity index (χ3v) is 7.73. The Bertz CT molecular complexity index is 1740. The molecule has 5 rings (SSSR count). The summed E-state index contributed by atoms with van der Waals surface area (Å²) >= 11 is 7.91. The molecule has 2 heterocycles. The van der Waals surface area contributed by atoms with Crippen LogP contribution in [0, 0.1) is 6.92 Å². The number of thiazole rings is 1. The van der Waals surface area contributed by atoms with E-state index in [2.05, 4.69) is 11.1 Å². The third-order valence-electron chi connectivity index (χ3n) is 6.36. The number of carboxylic acids is 1. The molecule has 0 unspecified atom stereocenters. The lowest BCUT2D eigenvalue weighted by atomic mass is 9.92. The number of benzene rings is 3. The fraction of sp³-hybridized carbons (Fsp3) is 0.219. The van der Waals surface area contributed by atoms with Crippen LogP contribution in [0.15, 0.2) is 66.9 Å². The Hall–Kier alpha value is -3.94. The number of rotatable bonds is 7. The lowest BCUT2D eigenvalue weighted by Gasteiger charge is -2.24. The van der Waals surface area contributed by atoms with Crippen LogP contribution >= 0.6 is 22.9 Å². The van der Waals surface area contributed by atoms with Gasteiger partial charge in [-0.3, -0.25) is 4.79 Å². The molecule has 1 N–H and O–H groups in total. The number of aliphatic carboxylic acids is 1. The Kier molecular flexibility index (Phi) is 7.53. The van der Waals surface area contributed by atoms with E-state index in [-0.39, 0.29) is 6.42 Å². The first kappa shape index (κ1) is 27.6. The van der Waals surface area contributed by atoms with Crippen molar-refractivity contribution in [1.29, 1.82) is 0 Å². The molecule has 0 spiro atoms.